The maximum Gasteiger partial charge on any atom is 0.432 e. The smallest absolute Gasteiger partial charge is 0.423 e. The molecule has 0 saturated heterocycles. The standard InChI is InChI=1S/C13H7F3O3/c14-13(15,16)12(18)9-6-5-7-3-1-2-4-8(7)10(9)19-11(12)17/h1-6,18H/t12-/m0/s1. The van der Waals surface area contributed by atoms with E-state index < -0.39 is 23.3 Å². The van der Waals surface area contributed by atoms with Gasteiger partial charge in [-0.1, -0.05) is 36.4 Å². The molecule has 0 bridgehead atoms. The van der Waals surface area contributed by atoms with E-state index in [-0.39, 0.29) is 5.75 Å². The number of carbonyl (C=O) groups is 1. The summed E-state index contributed by atoms with van der Waals surface area (Å²) >= 11 is 0. The largest absolute Gasteiger partial charge is 0.432 e. The van der Waals surface area contributed by atoms with Gasteiger partial charge >= 0.3 is 12.1 Å². The van der Waals surface area contributed by atoms with Gasteiger partial charge in [-0.3, -0.25) is 0 Å². The highest BCUT2D eigenvalue weighted by Crippen LogP contribution is 2.50. The SMILES string of the molecule is O=C1Oc2c(ccc3ccccc23)[C@@]1(O)C(F)(F)F. The van der Waals surface area contributed by atoms with Crippen molar-refractivity contribution < 1.29 is 27.8 Å². The molecule has 3 nitrogen and oxygen atoms in total. The number of hydrogen-bond acceptors (Lipinski definition) is 3. The second kappa shape index (κ2) is 3.48. The van der Waals surface area contributed by atoms with Crippen LogP contribution in [0.25, 0.3) is 10.8 Å². The molecule has 0 unspecified atom stereocenters. The molecule has 19 heavy (non-hydrogen) atoms. The number of halogens is 3. The zero-order chi connectivity index (χ0) is 13.8. The Morgan fingerprint density at radius 1 is 1.11 bits per heavy atom. The van der Waals surface area contributed by atoms with Gasteiger partial charge in [0.15, 0.2) is 0 Å². The molecule has 1 heterocycles. The lowest BCUT2D eigenvalue weighted by atomic mass is 9.92. The molecule has 2 aromatic rings. The first-order valence-electron chi connectivity index (χ1n) is 5.39. The van der Waals surface area contributed by atoms with E-state index >= 15 is 0 Å². The van der Waals surface area contributed by atoms with E-state index in [1.807, 2.05) is 0 Å². The van der Waals surface area contributed by atoms with Gasteiger partial charge in [0.1, 0.15) is 5.75 Å². The summed E-state index contributed by atoms with van der Waals surface area (Å²) in [6.45, 7) is 0. The van der Waals surface area contributed by atoms with Crippen LogP contribution in [0.3, 0.4) is 0 Å². The molecule has 0 aromatic heterocycles. The summed E-state index contributed by atoms with van der Waals surface area (Å²) in [4.78, 5) is 11.5. The number of alkyl halides is 3. The predicted octanol–water partition coefficient (Wildman–Crippen LogP) is 2.51. The van der Waals surface area contributed by atoms with Crippen LogP contribution in [-0.2, 0) is 10.4 Å². The molecule has 1 atom stereocenters. The van der Waals surface area contributed by atoms with E-state index in [2.05, 4.69) is 4.74 Å². The van der Waals surface area contributed by atoms with Gasteiger partial charge in [-0.25, -0.2) is 4.79 Å². The fourth-order valence-electron chi connectivity index (χ4n) is 2.18. The number of benzene rings is 2. The Morgan fingerprint density at radius 2 is 1.79 bits per heavy atom. The summed E-state index contributed by atoms with van der Waals surface area (Å²) < 4.78 is 43.4. The first-order chi connectivity index (χ1) is 8.85. The van der Waals surface area contributed by atoms with E-state index in [0.29, 0.717) is 10.8 Å². The van der Waals surface area contributed by atoms with Gasteiger partial charge < -0.3 is 9.84 Å². The molecule has 6 heteroatoms. The molecule has 1 aliphatic heterocycles. The summed E-state index contributed by atoms with van der Waals surface area (Å²) in [7, 11) is 0. The van der Waals surface area contributed by atoms with Gasteiger partial charge in [0.25, 0.3) is 5.60 Å². The molecule has 0 spiro atoms. The van der Waals surface area contributed by atoms with Crippen LogP contribution in [0, 0.1) is 0 Å². The minimum absolute atomic E-state index is 0.233. The van der Waals surface area contributed by atoms with Crippen molar-refractivity contribution in [2.75, 3.05) is 0 Å². The normalized spacial score (nSPS) is 22.4. The van der Waals surface area contributed by atoms with Crippen LogP contribution in [0.5, 0.6) is 5.75 Å². The number of carbonyl (C=O) groups excluding carboxylic acids is 1. The second-order valence-electron chi connectivity index (χ2n) is 4.26. The monoisotopic (exact) mass is 268 g/mol. The number of fused-ring (bicyclic) bond motifs is 3. The minimum atomic E-state index is -5.13. The highest BCUT2D eigenvalue weighted by atomic mass is 19.4. The lowest BCUT2D eigenvalue weighted by Gasteiger charge is -2.22. The molecule has 1 aliphatic rings. The molecule has 3 rings (SSSR count). The molecule has 98 valence electrons. The lowest BCUT2D eigenvalue weighted by molar-refractivity contribution is -0.258. The minimum Gasteiger partial charge on any atom is -0.423 e. The Balaban J connectivity index is 2.35. The van der Waals surface area contributed by atoms with Crippen LogP contribution in [0.2, 0.25) is 0 Å². The van der Waals surface area contributed by atoms with Gasteiger partial charge in [0.05, 0.1) is 0 Å². The van der Waals surface area contributed by atoms with Crippen LogP contribution < -0.4 is 4.74 Å². The van der Waals surface area contributed by atoms with Gasteiger partial charge in [-0.2, -0.15) is 13.2 Å². The summed E-state index contributed by atoms with van der Waals surface area (Å²) in [5.74, 6) is -1.95. The first kappa shape index (κ1) is 12.0. The van der Waals surface area contributed by atoms with Crippen molar-refractivity contribution >= 4 is 16.7 Å². The summed E-state index contributed by atoms with van der Waals surface area (Å²) in [5, 5.41) is 10.7. The molecule has 2 aromatic carbocycles. The maximum absolute atomic E-state index is 12.9. The third-order valence-corrected chi connectivity index (χ3v) is 3.17. The van der Waals surface area contributed by atoms with Crippen molar-refractivity contribution in [2.45, 2.75) is 11.8 Å². The first-order valence-corrected chi connectivity index (χ1v) is 5.39. The van der Waals surface area contributed by atoms with E-state index in [4.69, 9.17) is 0 Å². The highest BCUT2D eigenvalue weighted by Gasteiger charge is 2.66. The van der Waals surface area contributed by atoms with Crippen LogP contribution >= 0.6 is 0 Å². The Morgan fingerprint density at radius 3 is 2.47 bits per heavy atom. The fourth-order valence-corrected chi connectivity index (χ4v) is 2.18. The van der Waals surface area contributed by atoms with E-state index in [1.165, 1.54) is 12.1 Å². The molecule has 0 fully saturated rings. The third kappa shape index (κ3) is 1.40. The van der Waals surface area contributed by atoms with E-state index in [9.17, 15) is 23.1 Å². The molecular weight excluding hydrogens is 261 g/mol. The number of rotatable bonds is 0. The molecule has 0 saturated carbocycles. The summed E-state index contributed by atoms with van der Waals surface area (Å²) in [5.41, 5.74) is -4.16. The van der Waals surface area contributed by atoms with Crippen LogP contribution in [-0.4, -0.2) is 17.3 Å². The van der Waals surface area contributed by atoms with Crippen molar-refractivity contribution in [3.63, 3.8) is 0 Å². The van der Waals surface area contributed by atoms with Crippen molar-refractivity contribution in [2.24, 2.45) is 0 Å². The highest BCUT2D eigenvalue weighted by molar-refractivity contribution is 5.99. The predicted molar refractivity (Wildman–Crippen MR) is 59.5 cm³/mol. The summed E-state index contributed by atoms with van der Waals surface area (Å²) in [6.07, 6.45) is -5.13. The molecule has 0 aliphatic carbocycles. The quantitative estimate of drug-likeness (QED) is 0.590. The van der Waals surface area contributed by atoms with Crippen molar-refractivity contribution in [1.82, 2.24) is 0 Å². The maximum atomic E-state index is 12.9. The number of aliphatic hydroxyl groups is 1. The zero-order valence-corrected chi connectivity index (χ0v) is 9.36. The van der Waals surface area contributed by atoms with Crippen LogP contribution in [0.1, 0.15) is 5.56 Å². The van der Waals surface area contributed by atoms with Crippen molar-refractivity contribution in [3.8, 4) is 5.75 Å². The fraction of sp³-hybridized carbons (Fsp3) is 0.154. The van der Waals surface area contributed by atoms with E-state index in [1.54, 1.807) is 18.2 Å². The second-order valence-corrected chi connectivity index (χ2v) is 4.26. The van der Waals surface area contributed by atoms with E-state index in [0.717, 1.165) is 6.07 Å². The van der Waals surface area contributed by atoms with Gasteiger partial charge in [0, 0.05) is 10.9 Å². The Labute approximate surface area is 105 Å². The van der Waals surface area contributed by atoms with Gasteiger partial charge in [-0.05, 0) is 5.39 Å². The Bertz CT molecular complexity index is 693. The van der Waals surface area contributed by atoms with Crippen LogP contribution in [0.4, 0.5) is 13.2 Å². The number of ether oxygens (including phenoxy) is 1. The average molecular weight is 268 g/mol. The van der Waals surface area contributed by atoms with Crippen molar-refractivity contribution in [1.29, 1.82) is 0 Å². The average Bonchev–Trinajstić information content (AvgIpc) is 2.63. The number of hydrogen-bond donors (Lipinski definition) is 1. The van der Waals surface area contributed by atoms with Gasteiger partial charge in [0.2, 0.25) is 0 Å². The van der Waals surface area contributed by atoms with Gasteiger partial charge in [-0.15, -0.1) is 0 Å². The Kier molecular flexibility index (Phi) is 2.19. The lowest BCUT2D eigenvalue weighted by Crippen LogP contribution is -2.47. The molecule has 0 amide bonds. The summed E-state index contributed by atoms with van der Waals surface area (Å²) in [6, 6.07) is 9.00. The van der Waals surface area contributed by atoms with Crippen LogP contribution in [0.15, 0.2) is 36.4 Å². The molecule has 0 radical (unpaired) electrons. The molecule has 1 N–H and O–H groups in total. The van der Waals surface area contributed by atoms with Crippen molar-refractivity contribution in [3.05, 3.63) is 42.0 Å². The Hall–Kier alpha value is -2.08. The zero-order valence-electron chi connectivity index (χ0n) is 9.36. The molecular formula is C13H7F3O3. The topological polar surface area (TPSA) is 46.5 Å². The number of esters is 1. The third-order valence-electron chi connectivity index (χ3n) is 3.17.